The second kappa shape index (κ2) is 8.00. The molecule has 140 valence electrons. The van der Waals surface area contributed by atoms with E-state index in [-0.39, 0.29) is 12.3 Å². The fourth-order valence-electron chi connectivity index (χ4n) is 2.90. The normalized spacial score (nSPS) is 10.9. The number of nitrogens with one attached hydrogen (secondary N) is 1. The van der Waals surface area contributed by atoms with Gasteiger partial charge in [0, 0.05) is 24.1 Å². The molecule has 1 aromatic heterocycles. The highest BCUT2D eigenvalue weighted by Gasteiger charge is 2.13. The number of benzene rings is 3. The van der Waals surface area contributed by atoms with Crippen LogP contribution in [0.2, 0.25) is 10.0 Å². The number of carbonyl (C=O) groups is 1. The predicted molar refractivity (Wildman–Crippen MR) is 111 cm³/mol. The summed E-state index contributed by atoms with van der Waals surface area (Å²) in [5.41, 5.74) is 1.48. The topological polar surface area (TPSA) is 68.0 Å². The average molecular weight is 412 g/mol. The highest BCUT2D eigenvalue weighted by Crippen LogP contribution is 2.27. The summed E-state index contributed by atoms with van der Waals surface area (Å²) in [7, 11) is 0. The molecule has 0 spiro atoms. The van der Waals surface area contributed by atoms with Crippen LogP contribution in [0.3, 0.4) is 0 Å². The number of nitrogens with zero attached hydrogens (tertiary/aromatic N) is 2. The molecule has 0 unspecified atom stereocenters. The minimum absolute atomic E-state index is 0.177. The Hall–Kier alpha value is -2.89. The van der Waals surface area contributed by atoms with Crippen LogP contribution in [0.4, 0.5) is 5.69 Å². The molecule has 0 aliphatic carbocycles. The molecule has 3 aromatic carbocycles. The van der Waals surface area contributed by atoms with Crippen molar-refractivity contribution in [3.63, 3.8) is 0 Å². The van der Waals surface area contributed by atoms with Gasteiger partial charge in [-0.15, -0.1) is 0 Å². The largest absolute Gasteiger partial charge is 0.339 e. The summed E-state index contributed by atoms with van der Waals surface area (Å²) in [6.45, 7) is 0. The van der Waals surface area contributed by atoms with Gasteiger partial charge < -0.3 is 9.84 Å². The number of halogens is 2. The lowest BCUT2D eigenvalue weighted by atomic mass is 10.0. The lowest BCUT2D eigenvalue weighted by Crippen LogP contribution is -2.12. The minimum Gasteiger partial charge on any atom is -0.339 e. The number of hydrogen-bond donors (Lipinski definition) is 1. The van der Waals surface area contributed by atoms with Crippen LogP contribution in [0.25, 0.3) is 22.2 Å². The first-order valence-electron chi connectivity index (χ1n) is 8.66. The summed E-state index contributed by atoms with van der Waals surface area (Å²) in [4.78, 5) is 16.6. The van der Waals surface area contributed by atoms with Gasteiger partial charge in [0.05, 0.1) is 10.0 Å². The van der Waals surface area contributed by atoms with E-state index in [9.17, 15) is 4.79 Å². The van der Waals surface area contributed by atoms with Crippen molar-refractivity contribution in [1.29, 1.82) is 0 Å². The Bertz CT molecular complexity index is 1150. The monoisotopic (exact) mass is 411 g/mol. The summed E-state index contributed by atoms with van der Waals surface area (Å²) in [5, 5.41) is 9.82. The number of amides is 1. The lowest BCUT2D eigenvalue weighted by Gasteiger charge is -2.05. The SMILES string of the molecule is O=C(CCc1nc(-c2cccc3ccccc23)no1)Nc1ccc(Cl)c(Cl)c1. The second-order valence-electron chi connectivity index (χ2n) is 6.22. The van der Waals surface area contributed by atoms with Crippen molar-refractivity contribution in [2.24, 2.45) is 0 Å². The van der Waals surface area contributed by atoms with Gasteiger partial charge in [0.15, 0.2) is 0 Å². The highest BCUT2D eigenvalue weighted by molar-refractivity contribution is 6.42. The maximum Gasteiger partial charge on any atom is 0.227 e. The standard InChI is InChI=1S/C21H15Cl2N3O2/c22-17-9-8-14(12-18(17)23)24-19(27)10-11-20-25-21(26-28-20)16-7-3-5-13-4-1-2-6-15(13)16/h1-9,12H,10-11H2,(H,24,27). The zero-order valence-corrected chi connectivity index (χ0v) is 16.2. The summed E-state index contributed by atoms with van der Waals surface area (Å²) >= 11 is 11.8. The quantitative estimate of drug-likeness (QED) is 0.452. The third kappa shape index (κ3) is 4.01. The van der Waals surface area contributed by atoms with Gasteiger partial charge in [0.2, 0.25) is 17.6 Å². The molecule has 0 fully saturated rings. The maximum absolute atomic E-state index is 12.2. The number of carbonyl (C=O) groups excluding carboxylic acids is 1. The van der Waals surface area contributed by atoms with Crippen molar-refractivity contribution < 1.29 is 9.32 Å². The first-order valence-corrected chi connectivity index (χ1v) is 9.41. The van der Waals surface area contributed by atoms with Crippen molar-refractivity contribution in [1.82, 2.24) is 10.1 Å². The summed E-state index contributed by atoms with van der Waals surface area (Å²) < 4.78 is 5.32. The Labute approximate surface area is 171 Å². The van der Waals surface area contributed by atoms with E-state index < -0.39 is 0 Å². The van der Waals surface area contributed by atoms with Gasteiger partial charge in [-0.2, -0.15) is 4.98 Å². The third-order valence-corrected chi connectivity index (χ3v) is 5.01. The van der Waals surface area contributed by atoms with E-state index in [4.69, 9.17) is 27.7 Å². The Kier molecular flexibility index (Phi) is 5.28. The van der Waals surface area contributed by atoms with Crippen LogP contribution in [0.5, 0.6) is 0 Å². The van der Waals surface area contributed by atoms with Crippen LogP contribution in [-0.2, 0) is 11.2 Å². The Morgan fingerprint density at radius 3 is 2.68 bits per heavy atom. The van der Waals surface area contributed by atoms with Crippen LogP contribution < -0.4 is 5.32 Å². The molecule has 5 nitrogen and oxygen atoms in total. The molecule has 0 radical (unpaired) electrons. The number of fused-ring (bicyclic) bond motifs is 1. The fraction of sp³-hybridized carbons (Fsp3) is 0.0952. The molecule has 1 heterocycles. The molecule has 0 atom stereocenters. The second-order valence-corrected chi connectivity index (χ2v) is 7.03. The Morgan fingerprint density at radius 2 is 1.82 bits per heavy atom. The molecule has 0 aliphatic rings. The van der Waals surface area contributed by atoms with Crippen molar-refractivity contribution in [2.75, 3.05) is 5.32 Å². The summed E-state index contributed by atoms with van der Waals surface area (Å²) in [6.07, 6.45) is 0.544. The first kappa shape index (κ1) is 18.5. The number of aromatic nitrogens is 2. The van der Waals surface area contributed by atoms with Crippen molar-refractivity contribution in [3.8, 4) is 11.4 Å². The van der Waals surface area contributed by atoms with E-state index in [1.54, 1.807) is 18.2 Å². The molecule has 1 N–H and O–H groups in total. The number of hydrogen-bond acceptors (Lipinski definition) is 4. The molecular formula is C21H15Cl2N3O2. The molecule has 0 bridgehead atoms. The Balaban J connectivity index is 1.43. The van der Waals surface area contributed by atoms with E-state index in [2.05, 4.69) is 15.5 Å². The van der Waals surface area contributed by atoms with E-state index in [0.717, 1.165) is 16.3 Å². The van der Waals surface area contributed by atoms with Gasteiger partial charge >= 0.3 is 0 Å². The van der Waals surface area contributed by atoms with Crippen molar-refractivity contribution in [2.45, 2.75) is 12.8 Å². The molecule has 0 saturated heterocycles. The van der Waals surface area contributed by atoms with E-state index in [1.807, 2.05) is 42.5 Å². The van der Waals surface area contributed by atoms with Crippen LogP contribution in [0.15, 0.2) is 65.2 Å². The van der Waals surface area contributed by atoms with Gasteiger partial charge in [0.25, 0.3) is 0 Å². The van der Waals surface area contributed by atoms with Gasteiger partial charge in [0.1, 0.15) is 0 Å². The van der Waals surface area contributed by atoms with Gasteiger partial charge in [-0.05, 0) is 29.0 Å². The molecule has 0 aliphatic heterocycles. The van der Waals surface area contributed by atoms with E-state index in [1.165, 1.54) is 0 Å². The molecular weight excluding hydrogens is 397 g/mol. The van der Waals surface area contributed by atoms with Gasteiger partial charge in [-0.1, -0.05) is 70.8 Å². The zero-order chi connectivity index (χ0) is 19.5. The minimum atomic E-state index is -0.177. The third-order valence-electron chi connectivity index (χ3n) is 4.27. The maximum atomic E-state index is 12.2. The smallest absolute Gasteiger partial charge is 0.227 e. The van der Waals surface area contributed by atoms with Crippen molar-refractivity contribution in [3.05, 3.63) is 76.6 Å². The number of anilines is 1. The lowest BCUT2D eigenvalue weighted by molar-refractivity contribution is -0.116. The number of aryl methyl sites for hydroxylation is 1. The van der Waals surface area contributed by atoms with Gasteiger partial charge in [-0.25, -0.2) is 0 Å². The number of rotatable bonds is 5. The van der Waals surface area contributed by atoms with Crippen LogP contribution in [-0.4, -0.2) is 16.0 Å². The van der Waals surface area contributed by atoms with E-state index >= 15 is 0 Å². The molecule has 7 heteroatoms. The van der Waals surface area contributed by atoms with Crippen LogP contribution >= 0.6 is 23.2 Å². The molecule has 0 saturated carbocycles. The zero-order valence-electron chi connectivity index (χ0n) is 14.7. The predicted octanol–water partition coefficient (Wildman–Crippen LogP) is 5.77. The van der Waals surface area contributed by atoms with Crippen LogP contribution in [0.1, 0.15) is 12.3 Å². The highest BCUT2D eigenvalue weighted by atomic mass is 35.5. The molecule has 1 amide bonds. The summed E-state index contributed by atoms with van der Waals surface area (Å²) in [6, 6.07) is 18.9. The Morgan fingerprint density at radius 1 is 1.00 bits per heavy atom. The molecule has 4 rings (SSSR count). The fourth-order valence-corrected chi connectivity index (χ4v) is 3.20. The first-order chi connectivity index (χ1) is 13.6. The van der Waals surface area contributed by atoms with Crippen molar-refractivity contribution >= 4 is 45.6 Å². The van der Waals surface area contributed by atoms with Gasteiger partial charge in [-0.3, -0.25) is 4.79 Å². The summed E-state index contributed by atoms with van der Waals surface area (Å²) in [5.74, 6) is 0.743. The van der Waals surface area contributed by atoms with E-state index in [0.29, 0.717) is 33.9 Å². The van der Waals surface area contributed by atoms with Crippen LogP contribution in [0, 0.1) is 0 Å². The molecule has 28 heavy (non-hydrogen) atoms. The average Bonchev–Trinajstić information content (AvgIpc) is 3.18. The molecule has 4 aromatic rings.